The number of amides is 1. The molecule has 1 unspecified atom stereocenters. The molecule has 0 bridgehead atoms. The number of carbonyl (C=O) groups excluding carboxylic acids is 1. The number of hydrogen-bond donors (Lipinski definition) is 1. The van der Waals surface area contributed by atoms with Crippen molar-refractivity contribution in [3.8, 4) is 0 Å². The maximum absolute atomic E-state index is 14.5. The van der Waals surface area contributed by atoms with Crippen LogP contribution in [0.2, 0.25) is 0 Å². The number of ether oxygens (including phenoxy) is 2. The van der Waals surface area contributed by atoms with Crippen LogP contribution in [0, 0.1) is 18.2 Å². The van der Waals surface area contributed by atoms with Gasteiger partial charge < -0.3 is 29.2 Å². The van der Waals surface area contributed by atoms with Crippen molar-refractivity contribution in [1.82, 2.24) is 29.6 Å². The fourth-order valence-corrected chi connectivity index (χ4v) is 8.61. The zero-order chi connectivity index (χ0) is 35.7. The van der Waals surface area contributed by atoms with E-state index in [1.807, 2.05) is 50.7 Å². The third-order valence-electron chi connectivity index (χ3n) is 11.1. The van der Waals surface area contributed by atoms with Crippen LogP contribution in [0.3, 0.4) is 0 Å². The molecule has 270 valence electrons. The van der Waals surface area contributed by atoms with Crippen LogP contribution < -0.4 is 20.7 Å². The lowest BCUT2D eigenvalue weighted by Crippen LogP contribution is -2.48. The highest BCUT2D eigenvalue weighted by Gasteiger charge is 2.49. The van der Waals surface area contributed by atoms with Gasteiger partial charge in [-0.1, -0.05) is 6.07 Å². The highest BCUT2D eigenvalue weighted by atomic mass is 19.1. The molecular formula is C38H47FN8O4. The first-order valence-electron chi connectivity index (χ1n) is 18.3. The van der Waals surface area contributed by atoms with E-state index < -0.39 is 11.7 Å². The molecule has 4 aliphatic rings. The van der Waals surface area contributed by atoms with E-state index in [0.717, 1.165) is 91.8 Å². The van der Waals surface area contributed by atoms with Crippen LogP contribution in [0.5, 0.6) is 0 Å². The largest absolute Gasteiger partial charge is 0.444 e. The highest BCUT2D eigenvalue weighted by molar-refractivity contribution is 5.89. The summed E-state index contributed by atoms with van der Waals surface area (Å²) in [5.41, 5.74) is 4.79. The van der Waals surface area contributed by atoms with Gasteiger partial charge in [-0.2, -0.15) is 0 Å². The normalized spacial score (nSPS) is 21.5. The molecule has 4 aromatic rings. The number of alkyl carbamates (subject to hydrolysis) is 1. The van der Waals surface area contributed by atoms with Crippen molar-refractivity contribution in [3.05, 3.63) is 69.0 Å². The highest BCUT2D eigenvalue weighted by Crippen LogP contribution is 2.53. The van der Waals surface area contributed by atoms with E-state index in [9.17, 15) is 14.0 Å². The molecule has 1 N–H and O–H groups in total. The first kappa shape index (κ1) is 33.6. The van der Waals surface area contributed by atoms with Crippen LogP contribution >= 0.6 is 0 Å². The number of carbonyl (C=O) groups is 1. The number of aromatic nitrogens is 5. The molecule has 2 saturated heterocycles. The minimum atomic E-state index is -0.650. The van der Waals surface area contributed by atoms with Crippen molar-refractivity contribution in [1.29, 1.82) is 0 Å². The van der Waals surface area contributed by atoms with E-state index in [0.29, 0.717) is 36.7 Å². The molecule has 2 atom stereocenters. The molecule has 6 heterocycles. The number of rotatable bonds is 4. The molecule has 1 aliphatic carbocycles. The second kappa shape index (κ2) is 12.6. The summed E-state index contributed by atoms with van der Waals surface area (Å²) in [6.45, 7) is 10.3. The summed E-state index contributed by atoms with van der Waals surface area (Å²) in [7, 11) is 1.79. The van der Waals surface area contributed by atoms with Crippen LogP contribution in [0.1, 0.15) is 94.0 Å². The minimum absolute atomic E-state index is 0.0167. The quantitative estimate of drug-likeness (QED) is 0.267. The standard InChI is InChI=1S/C38H47FN8O4/c1-23-32(45-18-14-38(15-19-45)22-24-11-12-25(39)21-27(24)31(38)41-36(49)51-37(2,3)4)42-33-30(40-23)34(43-47(33)29-10-6-7-20-50-29)46-16-8-9-26-28(46)13-17-44(5)35(26)48/h11-13,17,21,29,31H,6-10,14-16,18-20,22H2,1-5H3,(H,41,49)/t29?,31-/m1/s1. The Labute approximate surface area is 296 Å². The second-order valence-electron chi connectivity index (χ2n) is 15.7. The van der Waals surface area contributed by atoms with Gasteiger partial charge in [0, 0.05) is 50.5 Å². The molecule has 1 aromatic carbocycles. The predicted octanol–water partition coefficient (Wildman–Crippen LogP) is 6.16. The predicted molar refractivity (Wildman–Crippen MR) is 192 cm³/mol. The van der Waals surface area contributed by atoms with E-state index in [4.69, 9.17) is 24.5 Å². The summed E-state index contributed by atoms with van der Waals surface area (Å²) >= 11 is 0. The fourth-order valence-electron chi connectivity index (χ4n) is 8.61. The smallest absolute Gasteiger partial charge is 0.408 e. The number of nitrogens with zero attached hydrogens (tertiary/aromatic N) is 7. The molecule has 3 aromatic heterocycles. The van der Waals surface area contributed by atoms with E-state index >= 15 is 0 Å². The van der Waals surface area contributed by atoms with E-state index in [1.165, 1.54) is 6.07 Å². The Kier molecular flexibility index (Phi) is 8.31. The van der Waals surface area contributed by atoms with Crippen molar-refractivity contribution in [2.45, 2.75) is 96.9 Å². The van der Waals surface area contributed by atoms with Gasteiger partial charge in [-0.3, -0.25) is 4.79 Å². The topological polar surface area (TPSA) is 120 Å². The van der Waals surface area contributed by atoms with Crippen LogP contribution in [-0.4, -0.2) is 62.3 Å². The number of nitrogens with one attached hydrogen (secondary N) is 1. The van der Waals surface area contributed by atoms with Crippen LogP contribution in [0.25, 0.3) is 11.2 Å². The molecule has 0 saturated carbocycles. The van der Waals surface area contributed by atoms with Gasteiger partial charge in [-0.25, -0.2) is 23.8 Å². The number of halogens is 1. The third kappa shape index (κ3) is 6.02. The van der Waals surface area contributed by atoms with Crippen molar-refractivity contribution in [2.75, 3.05) is 36.0 Å². The van der Waals surface area contributed by atoms with E-state index in [2.05, 4.69) is 15.1 Å². The van der Waals surface area contributed by atoms with Gasteiger partial charge in [0.05, 0.1) is 17.4 Å². The maximum atomic E-state index is 14.5. The van der Waals surface area contributed by atoms with E-state index in [-0.39, 0.29) is 29.1 Å². The number of anilines is 3. The Balaban J connectivity index is 1.13. The fraction of sp³-hybridized carbons (Fsp3) is 0.553. The Bertz CT molecular complexity index is 2060. The lowest BCUT2D eigenvalue weighted by molar-refractivity contribution is -0.0368. The molecule has 1 amide bonds. The average molecular weight is 699 g/mol. The molecule has 12 nitrogen and oxygen atoms in total. The molecule has 2 fully saturated rings. The first-order valence-corrected chi connectivity index (χ1v) is 18.3. The van der Waals surface area contributed by atoms with Gasteiger partial charge in [0.25, 0.3) is 5.56 Å². The van der Waals surface area contributed by atoms with Crippen molar-refractivity contribution in [3.63, 3.8) is 0 Å². The Morgan fingerprint density at radius 3 is 2.63 bits per heavy atom. The summed E-state index contributed by atoms with van der Waals surface area (Å²) in [6.07, 6.45) is 7.77. The number of aryl methyl sites for hydroxylation is 2. The molecule has 51 heavy (non-hydrogen) atoms. The van der Waals surface area contributed by atoms with Gasteiger partial charge in [-0.15, -0.1) is 5.10 Å². The Morgan fingerprint density at radius 2 is 1.88 bits per heavy atom. The molecule has 8 rings (SSSR count). The maximum Gasteiger partial charge on any atom is 0.408 e. The number of piperidine rings is 1. The number of hydrogen-bond acceptors (Lipinski definition) is 9. The van der Waals surface area contributed by atoms with Gasteiger partial charge in [0.2, 0.25) is 0 Å². The lowest BCUT2D eigenvalue weighted by Gasteiger charge is -2.44. The Morgan fingerprint density at radius 1 is 1.08 bits per heavy atom. The third-order valence-corrected chi connectivity index (χ3v) is 11.1. The number of benzene rings is 1. The monoisotopic (exact) mass is 698 g/mol. The number of pyridine rings is 1. The van der Waals surface area contributed by atoms with Crippen molar-refractivity contribution >= 4 is 34.6 Å². The van der Waals surface area contributed by atoms with Crippen molar-refractivity contribution in [2.24, 2.45) is 12.5 Å². The second-order valence-corrected chi connectivity index (χ2v) is 15.7. The zero-order valence-electron chi connectivity index (χ0n) is 30.2. The summed E-state index contributed by atoms with van der Waals surface area (Å²) in [4.78, 5) is 41.1. The van der Waals surface area contributed by atoms with Crippen LogP contribution in [0.4, 0.5) is 26.5 Å². The summed E-state index contributed by atoms with van der Waals surface area (Å²) in [6, 6.07) is 6.54. The SMILES string of the molecule is Cc1nc2c(N3CCCc4c3ccn(C)c4=O)nn(C3CCCCO3)c2nc1N1CCC2(CC1)Cc1ccc(F)cc1[C@H]2NC(=O)OC(C)(C)C. The minimum Gasteiger partial charge on any atom is -0.444 e. The molecule has 13 heteroatoms. The van der Waals surface area contributed by atoms with Gasteiger partial charge >= 0.3 is 6.09 Å². The van der Waals surface area contributed by atoms with Crippen LogP contribution in [0.15, 0.2) is 35.3 Å². The van der Waals surface area contributed by atoms with E-state index in [1.54, 1.807) is 17.7 Å². The summed E-state index contributed by atoms with van der Waals surface area (Å²) in [5, 5.41) is 8.28. The molecule has 0 radical (unpaired) electrons. The molecule has 3 aliphatic heterocycles. The summed E-state index contributed by atoms with van der Waals surface area (Å²) in [5.74, 6) is 1.18. The lowest BCUT2D eigenvalue weighted by atomic mass is 9.72. The van der Waals surface area contributed by atoms with Crippen molar-refractivity contribution < 1.29 is 18.7 Å². The van der Waals surface area contributed by atoms with Gasteiger partial charge in [0.15, 0.2) is 29.0 Å². The first-order chi connectivity index (χ1) is 24.4. The average Bonchev–Trinajstić information content (AvgIpc) is 3.60. The molecular weight excluding hydrogens is 651 g/mol. The Hall–Kier alpha value is -4.52. The molecule has 1 spiro atoms. The summed E-state index contributed by atoms with van der Waals surface area (Å²) < 4.78 is 30.0. The van der Waals surface area contributed by atoms with Gasteiger partial charge in [-0.05, 0) is 108 Å². The van der Waals surface area contributed by atoms with Crippen LogP contribution in [-0.2, 0) is 29.4 Å². The zero-order valence-corrected chi connectivity index (χ0v) is 30.2. The number of fused-ring (bicyclic) bond motifs is 3. The van der Waals surface area contributed by atoms with Gasteiger partial charge in [0.1, 0.15) is 11.4 Å².